The van der Waals surface area contributed by atoms with Gasteiger partial charge < -0.3 is 34.8 Å². The number of alkyl carbamates (subject to hydrolysis) is 1. The second-order valence-electron chi connectivity index (χ2n) is 8.61. The molecular weight excluding hydrogens is 460 g/mol. The minimum Gasteiger partial charge on any atom is -0.490 e. The maximum atomic E-state index is 11.8. The number of benzene rings is 1. The number of aryl methyl sites for hydroxylation is 1. The fourth-order valence-corrected chi connectivity index (χ4v) is 3.09. The van der Waals surface area contributed by atoms with Gasteiger partial charge in [0.2, 0.25) is 5.62 Å². The number of ether oxygens (including phenoxy) is 2. The van der Waals surface area contributed by atoms with Crippen LogP contribution in [0.25, 0.3) is 11.3 Å². The molecule has 0 fully saturated rings. The van der Waals surface area contributed by atoms with Gasteiger partial charge in [0.25, 0.3) is 5.91 Å². The smallest absolute Gasteiger partial charge is 0.434 e. The number of hydrogen-bond donors (Lipinski definition) is 4. The summed E-state index contributed by atoms with van der Waals surface area (Å²) in [4.78, 5) is 42.4. The van der Waals surface area contributed by atoms with E-state index in [4.69, 9.17) is 21.1 Å². The molecule has 2 rings (SSSR count). The summed E-state index contributed by atoms with van der Waals surface area (Å²) in [6.45, 7) is 5.93. The van der Waals surface area contributed by atoms with Crippen LogP contribution in [0.4, 0.5) is 9.59 Å². The van der Waals surface area contributed by atoms with E-state index in [-0.39, 0.29) is 12.2 Å². The molecule has 0 saturated heterocycles. The summed E-state index contributed by atoms with van der Waals surface area (Å²) in [6.07, 6.45) is -0.628. The molecule has 1 unspecified atom stereocenters. The van der Waals surface area contributed by atoms with Crippen molar-refractivity contribution < 1.29 is 33.8 Å². The van der Waals surface area contributed by atoms with Crippen molar-refractivity contribution in [3.05, 3.63) is 36.1 Å². The lowest BCUT2D eigenvalue weighted by molar-refractivity contribution is -0.131. The molecule has 0 radical (unpaired) electrons. The molecule has 13 nitrogen and oxygen atoms in total. The molecule has 1 aromatic heterocycles. The lowest BCUT2D eigenvalue weighted by Gasteiger charge is -2.19. The number of primary amides is 1. The highest BCUT2D eigenvalue weighted by Gasteiger charge is 2.17. The summed E-state index contributed by atoms with van der Waals surface area (Å²) in [6, 6.07) is 6.90. The Morgan fingerprint density at radius 1 is 1.20 bits per heavy atom. The van der Waals surface area contributed by atoms with Crippen molar-refractivity contribution in [1.29, 1.82) is 0 Å². The molecule has 0 aliphatic carbocycles. The first-order valence-corrected chi connectivity index (χ1v) is 10.8. The number of carboxylic acid groups (broad SMARTS) is 1. The second kappa shape index (κ2) is 12.0. The molecule has 0 aliphatic heterocycles. The SMILES string of the molecule is Cn1c(-c2ccc(OCC(ON)C(N)=O)cc2)cn(CCCNC(=O)OC(C)(C)C)/c1=N/C(=O)O. The molecule has 1 heterocycles. The van der Waals surface area contributed by atoms with Crippen LogP contribution in [0.2, 0.25) is 0 Å². The van der Waals surface area contributed by atoms with E-state index in [1.807, 2.05) is 0 Å². The van der Waals surface area contributed by atoms with Gasteiger partial charge >= 0.3 is 12.2 Å². The molecule has 0 saturated carbocycles. The number of carbonyl (C=O) groups is 3. The van der Waals surface area contributed by atoms with Crippen molar-refractivity contribution in [2.24, 2.45) is 23.7 Å². The van der Waals surface area contributed by atoms with E-state index in [2.05, 4.69) is 15.1 Å². The quantitative estimate of drug-likeness (QED) is 0.280. The van der Waals surface area contributed by atoms with Crippen LogP contribution < -0.4 is 27.3 Å². The van der Waals surface area contributed by atoms with Crippen LogP contribution in [0.15, 0.2) is 35.5 Å². The van der Waals surface area contributed by atoms with Crippen molar-refractivity contribution >= 4 is 18.1 Å². The molecule has 0 aliphatic rings. The number of rotatable bonds is 10. The Balaban J connectivity index is 2.14. The first-order valence-electron chi connectivity index (χ1n) is 10.8. The number of aromatic nitrogens is 2. The van der Waals surface area contributed by atoms with E-state index in [0.29, 0.717) is 31.0 Å². The van der Waals surface area contributed by atoms with E-state index in [1.54, 1.807) is 67.4 Å². The largest absolute Gasteiger partial charge is 0.490 e. The lowest BCUT2D eigenvalue weighted by Crippen LogP contribution is -2.38. The molecule has 3 amide bonds. The van der Waals surface area contributed by atoms with Crippen LogP contribution in [0.5, 0.6) is 5.75 Å². The molecule has 6 N–H and O–H groups in total. The third-order valence-corrected chi connectivity index (χ3v) is 4.67. The summed E-state index contributed by atoms with van der Waals surface area (Å²) >= 11 is 0. The standard InChI is InChI=1S/C22H32N6O7/c1-22(2,3)34-21(32)25-10-5-11-28-12-16(27(4)19(28)26-20(30)31)14-6-8-15(9-7-14)33-13-17(35-24)18(23)29/h6-9,12,17H,5,10-11,13,24H2,1-4H3,(H2,23,29)(H,25,32)(H,30,31)/b26-19+. The topological polar surface area (TPSA) is 185 Å². The van der Waals surface area contributed by atoms with Crippen LogP contribution in [-0.4, -0.2) is 57.2 Å². The highest BCUT2D eigenvalue weighted by Crippen LogP contribution is 2.22. The zero-order valence-electron chi connectivity index (χ0n) is 20.2. The van der Waals surface area contributed by atoms with Crippen LogP contribution >= 0.6 is 0 Å². The molecule has 0 bridgehead atoms. The van der Waals surface area contributed by atoms with Gasteiger partial charge in [0, 0.05) is 26.3 Å². The van der Waals surface area contributed by atoms with Crippen molar-refractivity contribution in [2.75, 3.05) is 13.2 Å². The average Bonchev–Trinajstić information content (AvgIpc) is 3.05. The van der Waals surface area contributed by atoms with Crippen LogP contribution in [0.3, 0.4) is 0 Å². The molecule has 1 aromatic carbocycles. The fraction of sp³-hybridized carbons (Fsp3) is 0.455. The number of nitrogens with zero attached hydrogens (tertiary/aromatic N) is 3. The Labute approximate surface area is 202 Å². The monoisotopic (exact) mass is 492 g/mol. The molecule has 13 heteroatoms. The maximum absolute atomic E-state index is 11.8. The summed E-state index contributed by atoms with van der Waals surface area (Å²) in [5.41, 5.74) is 6.27. The molecular formula is C22H32N6O7. The Morgan fingerprint density at radius 3 is 2.40 bits per heavy atom. The first kappa shape index (κ1) is 27.4. The predicted molar refractivity (Wildman–Crippen MR) is 125 cm³/mol. The Morgan fingerprint density at radius 2 is 1.86 bits per heavy atom. The summed E-state index contributed by atoms with van der Waals surface area (Å²) in [5, 5.41) is 11.9. The van der Waals surface area contributed by atoms with Gasteiger partial charge in [-0.1, -0.05) is 0 Å². The van der Waals surface area contributed by atoms with Crippen LogP contribution in [-0.2, 0) is 28.0 Å². The summed E-state index contributed by atoms with van der Waals surface area (Å²) in [5.74, 6) is 4.74. The Hall–Kier alpha value is -3.84. The van der Waals surface area contributed by atoms with Crippen molar-refractivity contribution in [3.8, 4) is 17.0 Å². The van der Waals surface area contributed by atoms with Crippen molar-refractivity contribution in [2.45, 2.75) is 45.4 Å². The molecule has 1 atom stereocenters. The third kappa shape index (κ3) is 8.46. The number of carbonyl (C=O) groups excluding carboxylic acids is 2. The molecule has 0 spiro atoms. The van der Waals surface area contributed by atoms with Crippen molar-refractivity contribution in [3.63, 3.8) is 0 Å². The van der Waals surface area contributed by atoms with Gasteiger partial charge in [0.05, 0.1) is 5.69 Å². The number of amides is 3. The number of imidazole rings is 1. The number of nitrogens with one attached hydrogen (secondary N) is 1. The van der Waals surface area contributed by atoms with Gasteiger partial charge in [0.15, 0.2) is 6.10 Å². The number of hydrogen-bond acceptors (Lipinski definition) is 7. The lowest BCUT2D eigenvalue weighted by atomic mass is 10.1. The van der Waals surface area contributed by atoms with Gasteiger partial charge in [-0.3, -0.25) is 9.63 Å². The minimum atomic E-state index is -1.33. The summed E-state index contributed by atoms with van der Waals surface area (Å²) in [7, 11) is 1.70. The molecule has 35 heavy (non-hydrogen) atoms. The van der Waals surface area contributed by atoms with E-state index < -0.39 is 29.8 Å². The summed E-state index contributed by atoms with van der Waals surface area (Å²) < 4.78 is 14.0. The zero-order valence-corrected chi connectivity index (χ0v) is 20.2. The van der Waals surface area contributed by atoms with Gasteiger partial charge in [-0.25, -0.2) is 15.5 Å². The fourth-order valence-electron chi connectivity index (χ4n) is 3.09. The maximum Gasteiger partial charge on any atom is 0.434 e. The van der Waals surface area contributed by atoms with Gasteiger partial charge in [0.1, 0.15) is 18.0 Å². The minimum absolute atomic E-state index is 0.145. The normalized spacial score (nSPS) is 12.8. The Kier molecular flexibility index (Phi) is 9.42. The zero-order chi connectivity index (χ0) is 26.2. The molecule has 192 valence electrons. The second-order valence-corrected chi connectivity index (χ2v) is 8.61. The predicted octanol–water partition coefficient (Wildman–Crippen LogP) is 1.11. The number of nitrogens with two attached hydrogens (primary N) is 2. The highest BCUT2D eigenvalue weighted by atomic mass is 16.6. The van der Waals surface area contributed by atoms with E-state index in [0.717, 1.165) is 5.56 Å². The third-order valence-electron chi connectivity index (χ3n) is 4.67. The van der Waals surface area contributed by atoms with Gasteiger partial charge in [-0.15, -0.1) is 4.99 Å². The van der Waals surface area contributed by atoms with Crippen LogP contribution in [0, 0.1) is 0 Å². The van der Waals surface area contributed by atoms with Crippen LogP contribution in [0.1, 0.15) is 27.2 Å². The van der Waals surface area contributed by atoms with Crippen molar-refractivity contribution in [1.82, 2.24) is 14.5 Å². The highest BCUT2D eigenvalue weighted by molar-refractivity contribution is 5.79. The first-order chi connectivity index (χ1) is 16.4. The Bertz CT molecular complexity index is 1100. The van der Waals surface area contributed by atoms with Gasteiger partial charge in [-0.2, -0.15) is 0 Å². The van der Waals surface area contributed by atoms with Gasteiger partial charge in [-0.05, 0) is 57.0 Å². The molecule has 2 aromatic rings. The van der Waals surface area contributed by atoms with E-state index >= 15 is 0 Å². The van der Waals surface area contributed by atoms with E-state index in [9.17, 15) is 19.5 Å². The average molecular weight is 493 g/mol. The van der Waals surface area contributed by atoms with E-state index in [1.165, 1.54) is 0 Å².